The van der Waals surface area contributed by atoms with Crippen LogP contribution in [0.25, 0.3) is 49.7 Å². The van der Waals surface area contributed by atoms with Crippen LogP contribution in [0.3, 0.4) is 0 Å². The molecular weight excluding hydrogens is 417 g/mol. The first-order valence-electron chi connectivity index (χ1n) is 15.5. The van der Waals surface area contributed by atoms with Gasteiger partial charge in [0.2, 0.25) is 0 Å². The quantitative estimate of drug-likeness (QED) is 0.334. The molecule has 162 valence electrons. The van der Waals surface area contributed by atoms with Crippen LogP contribution in [0.5, 0.6) is 0 Å². The molecule has 0 unspecified atom stereocenters. The molecule has 6 aromatic rings. The zero-order valence-electron chi connectivity index (χ0n) is 27.7. The van der Waals surface area contributed by atoms with Crippen LogP contribution in [0.4, 0.5) is 0 Å². The number of benzene rings is 5. The molecule has 2 N–H and O–H groups in total. The van der Waals surface area contributed by atoms with Crippen LogP contribution in [0.15, 0.2) is 121 Å². The molecule has 0 fully saturated rings. The fraction of sp³-hybridized carbons (Fsp3) is 0. The van der Waals surface area contributed by atoms with Gasteiger partial charge < -0.3 is 14.6 Å². The lowest BCUT2D eigenvalue weighted by molar-refractivity contribution is 0.426. The summed E-state index contributed by atoms with van der Waals surface area (Å²) in [5.41, 5.74) is 3.12. The summed E-state index contributed by atoms with van der Waals surface area (Å²) in [6, 6.07) is 12.6. The summed E-state index contributed by atoms with van der Waals surface area (Å²) in [7, 11) is -1.65. The standard InChI is InChI=1S/C30H22BNO2/c33-31(34)25-13-15-26(16-14-25)32-29-17-11-23(21-7-3-1-4-8-21)19-27(29)28-20-24(12-18-30(28)32)22-9-5-2-6-10-22/h1-20,33-34H/i1D,2D,3D,4D,5D,6D,7D,8D,9D,10D. The van der Waals surface area contributed by atoms with E-state index in [1.165, 1.54) is 0 Å². The van der Waals surface area contributed by atoms with Gasteiger partial charge in [-0.05, 0) is 64.1 Å². The average molecular weight is 449 g/mol. The second-order valence-electron chi connectivity index (χ2n) is 7.76. The highest BCUT2D eigenvalue weighted by atomic mass is 16.4. The van der Waals surface area contributed by atoms with Gasteiger partial charge in [-0.1, -0.05) is 84.7 Å². The second-order valence-corrected chi connectivity index (χ2v) is 7.76. The van der Waals surface area contributed by atoms with E-state index in [4.69, 9.17) is 13.7 Å². The number of nitrogens with zero attached hydrogens (tertiary/aromatic N) is 1. The molecular formula is C30H22BNO2. The summed E-state index contributed by atoms with van der Waals surface area (Å²) in [6.45, 7) is 0. The van der Waals surface area contributed by atoms with E-state index in [0.29, 0.717) is 44.1 Å². The van der Waals surface area contributed by atoms with E-state index >= 15 is 0 Å². The number of fused-ring (bicyclic) bond motifs is 3. The summed E-state index contributed by atoms with van der Waals surface area (Å²) < 4.78 is 84.2. The third-order valence-electron chi connectivity index (χ3n) is 5.79. The highest BCUT2D eigenvalue weighted by molar-refractivity contribution is 6.58. The molecule has 1 aromatic heterocycles. The number of hydrogen-bond donors (Lipinski definition) is 2. The van der Waals surface area contributed by atoms with Crippen molar-refractivity contribution in [2.24, 2.45) is 0 Å². The Balaban J connectivity index is 1.69. The van der Waals surface area contributed by atoms with E-state index in [9.17, 15) is 10.0 Å². The molecule has 0 aliphatic carbocycles. The van der Waals surface area contributed by atoms with Crippen LogP contribution in [0, 0.1) is 0 Å². The average Bonchev–Trinajstić information content (AvgIpc) is 3.34. The number of hydrogen-bond acceptors (Lipinski definition) is 2. The highest BCUT2D eigenvalue weighted by Gasteiger charge is 2.16. The topological polar surface area (TPSA) is 45.4 Å². The van der Waals surface area contributed by atoms with E-state index in [-0.39, 0.29) is 35.3 Å². The van der Waals surface area contributed by atoms with Gasteiger partial charge in [-0.3, -0.25) is 0 Å². The SMILES string of the molecule is [2H]c1c([2H])c([2H])c(-c2ccc3c(c2)c2cc(-c4c([2H])c([2H])c([2H])c([2H])c4[2H])ccc2n3-c2ccc(B(O)O)cc2)c([2H])c1[2H]. The van der Waals surface area contributed by atoms with Gasteiger partial charge in [0.1, 0.15) is 0 Å². The first kappa shape index (κ1) is 12.4. The van der Waals surface area contributed by atoms with Gasteiger partial charge in [-0.2, -0.15) is 0 Å². The lowest BCUT2D eigenvalue weighted by Gasteiger charge is -2.10. The van der Waals surface area contributed by atoms with E-state index in [2.05, 4.69) is 0 Å². The molecule has 1 heterocycles. The van der Waals surface area contributed by atoms with Gasteiger partial charge in [0.05, 0.1) is 24.7 Å². The first-order valence-corrected chi connectivity index (χ1v) is 10.5. The lowest BCUT2D eigenvalue weighted by atomic mass is 9.80. The van der Waals surface area contributed by atoms with Crippen LogP contribution in [-0.4, -0.2) is 21.7 Å². The Morgan fingerprint density at radius 2 is 1.03 bits per heavy atom. The zero-order valence-corrected chi connectivity index (χ0v) is 17.7. The van der Waals surface area contributed by atoms with E-state index in [1.54, 1.807) is 60.7 Å². The summed E-state index contributed by atoms with van der Waals surface area (Å²) >= 11 is 0. The molecule has 6 rings (SSSR count). The second kappa shape index (κ2) is 8.34. The molecule has 0 atom stereocenters. The molecule has 34 heavy (non-hydrogen) atoms. The van der Waals surface area contributed by atoms with Crippen molar-refractivity contribution in [3.05, 3.63) is 121 Å². The molecule has 5 aromatic carbocycles. The molecule has 0 amide bonds. The molecule has 4 heteroatoms. The monoisotopic (exact) mass is 449 g/mol. The predicted molar refractivity (Wildman–Crippen MR) is 141 cm³/mol. The van der Waals surface area contributed by atoms with Gasteiger partial charge in [0.25, 0.3) is 0 Å². The summed E-state index contributed by atoms with van der Waals surface area (Å²) in [5, 5.41) is 20.4. The van der Waals surface area contributed by atoms with Gasteiger partial charge in [-0.15, -0.1) is 0 Å². The van der Waals surface area contributed by atoms with Crippen molar-refractivity contribution in [1.82, 2.24) is 4.57 Å². The number of aromatic nitrogens is 1. The van der Waals surface area contributed by atoms with Gasteiger partial charge in [-0.25, -0.2) is 0 Å². The van der Waals surface area contributed by atoms with Crippen molar-refractivity contribution in [1.29, 1.82) is 0 Å². The Labute approximate surface area is 212 Å². The number of rotatable bonds is 4. The Bertz CT molecular complexity index is 1980. The minimum atomic E-state index is -1.65. The third-order valence-corrected chi connectivity index (χ3v) is 5.79. The molecule has 0 spiro atoms. The Hall–Kier alpha value is -4.12. The molecule has 0 aliphatic rings. The van der Waals surface area contributed by atoms with Gasteiger partial charge >= 0.3 is 7.12 Å². The van der Waals surface area contributed by atoms with Gasteiger partial charge in [0.15, 0.2) is 0 Å². The van der Waals surface area contributed by atoms with Gasteiger partial charge in [0, 0.05) is 16.5 Å². The Kier molecular flexibility index (Phi) is 3.04. The summed E-state index contributed by atoms with van der Waals surface area (Å²) in [6.07, 6.45) is 0. The largest absolute Gasteiger partial charge is 0.488 e. The predicted octanol–water partition coefficient (Wildman–Crippen LogP) is 5.80. The van der Waals surface area contributed by atoms with E-state index < -0.39 is 43.4 Å². The van der Waals surface area contributed by atoms with Crippen molar-refractivity contribution in [3.63, 3.8) is 0 Å². The fourth-order valence-electron chi connectivity index (χ4n) is 4.20. The molecule has 0 saturated heterocycles. The summed E-state index contributed by atoms with van der Waals surface area (Å²) in [4.78, 5) is 0. The molecule has 3 nitrogen and oxygen atoms in total. The summed E-state index contributed by atoms with van der Waals surface area (Å²) in [5.74, 6) is 0. The van der Waals surface area contributed by atoms with E-state index in [0.717, 1.165) is 0 Å². The van der Waals surface area contributed by atoms with Crippen LogP contribution in [0.2, 0.25) is 0 Å². The third kappa shape index (κ3) is 3.50. The van der Waals surface area contributed by atoms with Crippen molar-refractivity contribution in [2.75, 3.05) is 0 Å². The first-order chi connectivity index (χ1) is 20.8. The van der Waals surface area contributed by atoms with Crippen LogP contribution in [0.1, 0.15) is 13.7 Å². The van der Waals surface area contributed by atoms with Crippen molar-refractivity contribution in [2.45, 2.75) is 0 Å². The normalized spacial score (nSPS) is 15.4. The molecule has 0 bridgehead atoms. The molecule has 0 radical (unpaired) electrons. The smallest absolute Gasteiger partial charge is 0.423 e. The molecule has 0 saturated carbocycles. The Morgan fingerprint density at radius 3 is 1.47 bits per heavy atom. The highest BCUT2D eigenvalue weighted by Crippen LogP contribution is 2.36. The Morgan fingerprint density at radius 1 is 0.559 bits per heavy atom. The van der Waals surface area contributed by atoms with Crippen LogP contribution in [-0.2, 0) is 0 Å². The molecule has 0 aliphatic heterocycles. The van der Waals surface area contributed by atoms with Crippen LogP contribution < -0.4 is 5.46 Å². The lowest BCUT2D eigenvalue weighted by Crippen LogP contribution is -2.29. The fourth-order valence-corrected chi connectivity index (χ4v) is 4.20. The van der Waals surface area contributed by atoms with E-state index in [1.807, 2.05) is 4.57 Å². The maximum absolute atomic E-state index is 9.58. The van der Waals surface area contributed by atoms with Crippen molar-refractivity contribution >= 4 is 34.4 Å². The van der Waals surface area contributed by atoms with Crippen LogP contribution >= 0.6 is 0 Å². The maximum atomic E-state index is 9.58. The minimum Gasteiger partial charge on any atom is -0.423 e. The maximum Gasteiger partial charge on any atom is 0.488 e. The van der Waals surface area contributed by atoms with Crippen molar-refractivity contribution in [3.8, 4) is 27.9 Å². The minimum absolute atomic E-state index is 0.0295. The zero-order chi connectivity index (χ0) is 31.8. The van der Waals surface area contributed by atoms with Crippen molar-refractivity contribution < 1.29 is 23.8 Å².